The molecular weight excluding hydrogens is 224 g/mol. The number of aromatic nitrogens is 2. The summed E-state index contributed by atoms with van der Waals surface area (Å²) in [7, 11) is 0. The Morgan fingerprint density at radius 3 is 2.94 bits per heavy atom. The van der Waals surface area contributed by atoms with Gasteiger partial charge in [-0.3, -0.25) is 9.36 Å². The smallest absolute Gasteiger partial charge is 0.372 e. The van der Waals surface area contributed by atoms with Crippen molar-refractivity contribution in [3.05, 3.63) is 52.1 Å². The number of aromatic carboxylic acids is 1. The molecule has 0 saturated heterocycles. The van der Waals surface area contributed by atoms with Gasteiger partial charge in [-0.1, -0.05) is 0 Å². The fraction of sp³-hybridized carbons (Fsp3) is 0.182. The van der Waals surface area contributed by atoms with Crippen LogP contribution in [-0.2, 0) is 6.54 Å². The number of aryl methyl sites for hydroxylation is 1. The Morgan fingerprint density at radius 2 is 2.35 bits per heavy atom. The molecule has 0 amide bonds. The predicted octanol–water partition coefficient (Wildman–Crippen LogP) is 0.891. The van der Waals surface area contributed by atoms with Crippen LogP contribution in [0.5, 0.6) is 0 Å². The van der Waals surface area contributed by atoms with Crippen molar-refractivity contribution in [2.45, 2.75) is 13.5 Å². The van der Waals surface area contributed by atoms with Gasteiger partial charge in [0, 0.05) is 17.8 Å². The van der Waals surface area contributed by atoms with Crippen molar-refractivity contribution in [3.63, 3.8) is 0 Å². The van der Waals surface area contributed by atoms with Gasteiger partial charge in [0.1, 0.15) is 5.76 Å². The normalized spacial score (nSPS) is 10.4. The number of carboxylic acids is 1. The van der Waals surface area contributed by atoms with Crippen LogP contribution in [-0.4, -0.2) is 20.6 Å². The summed E-state index contributed by atoms with van der Waals surface area (Å²) >= 11 is 0. The second-order valence-electron chi connectivity index (χ2n) is 3.58. The highest BCUT2D eigenvalue weighted by atomic mass is 16.4. The zero-order valence-electron chi connectivity index (χ0n) is 9.08. The average molecular weight is 234 g/mol. The lowest BCUT2D eigenvalue weighted by molar-refractivity contribution is 0.0659. The van der Waals surface area contributed by atoms with Crippen molar-refractivity contribution in [1.29, 1.82) is 0 Å². The van der Waals surface area contributed by atoms with Crippen molar-refractivity contribution < 1.29 is 14.3 Å². The van der Waals surface area contributed by atoms with Gasteiger partial charge in [0.2, 0.25) is 5.76 Å². The molecule has 17 heavy (non-hydrogen) atoms. The molecule has 2 aromatic heterocycles. The molecule has 1 N–H and O–H groups in total. The Bertz CT molecular complexity index is 612. The summed E-state index contributed by atoms with van der Waals surface area (Å²) in [6.07, 6.45) is 2.77. The fourth-order valence-corrected chi connectivity index (χ4v) is 1.50. The molecule has 0 aliphatic heterocycles. The number of carboxylic acid groups (broad SMARTS) is 1. The Hall–Kier alpha value is -2.37. The summed E-state index contributed by atoms with van der Waals surface area (Å²) in [5, 5.41) is 8.83. The van der Waals surface area contributed by atoms with Gasteiger partial charge in [0.15, 0.2) is 0 Å². The monoisotopic (exact) mass is 234 g/mol. The number of hydrogen-bond acceptors (Lipinski definition) is 4. The zero-order valence-corrected chi connectivity index (χ0v) is 9.08. The first-order valence-electron chi connectivity index (χ1n) is 4.91. The highest BCUT2D eigenvalue weighted by Gasteiger charge is 2.14. The highest BCUT2D eigenvalue weighted by molar-refractivity contribution is 5.86. The van der Waals surface area contributed by atoms with Crippen molar-refractivity contribution in [1.82, 2.24) is 9.55 Å². The molecule has 0 aromatic carbocycles. The highest BCUT2D eigenvalue weighted by Crippen LogP contribution is 2.14. The van der Waals surface area contributed by atoms with Gasteiger partial charge in [-0.05, 0) is 13.0 Å². The maximum absolute atomic E-state index is 11.4. The Kier molecular flexibility index (Phi) is 2.78. The Labute approximate surface area is 96.1 Å². The van der Waals surface area contributed by atoms with Crippen molar-refractivity contribution >= 4 is 5.97 Å². The minimum absolute atomic E-state index is 0.100. The molecule has 0 spiro atoms. The van der Waals surface area contributed by atoms with Crippen LogP contribution in [0, 0.1) is 6.92 Å². The molecule has 6 nitrogen and oxygen atoms in total. The third-order valence-corrected chi connectivity index (χ3v) is 2.28. The average Bonchev–Trinajstić information content (AvgIpc) is 2.63. The Morgan fingerprint density at radius 1 is 1.59 bits per heavy atom. The number of carbonyl (C=O) groups is 1. The van der Waals surface area contributed by atoms with E-state index in [0.717, 1.165) is 0 Å². The summed E-state index contributed by atoms with van der Waals surface area (Å²) in [6, 6.07) is 2.93. The molecule has 2 heterocycles. The molecule has 6 heteroatoms. The molecule has 0 fully saturated rings. The number of furan rings is 1. The molecule has 2 aromatic rings. The van der Waals surface area contributed by atoms with Crippen LogP contribution in [0.4, 0.5) is 0 Å². The quantitative estimate of drug-likeness (QED) is 0.852. The van der Waals surface area contributed by atoms with Crippen molar-refractivity contribution in [2.24, 2.45) is 0 Å². The summed E-state index contributed by atoms with van der Waals surface area (Å²) in [4.78, 5) is 26.0. The Balaban J connectivity index is 2.32. The molecular formula is C11H10N2O4. The second-order valence-corrected chi connectivity index (χ2v) is 3.58. The third-order valence-electron chi connectivity index (χ3n) is 2.28. The SMILES string of the molecule is Cc1cc(Cn2cnccc2=O)oc1C(=O)O. The standard InChI is InChI=1S/C11H10N2O4/c1-7-4-8(17-10(7)11(15)16)5-13-6-12-3-2-9(13)14/h2-4,6H,5H2,1H3,(H,15,16). The molecule has 0 aliphatic rings. The minimum atomic E-state index is -1.12. The van der Waals surface area contributed by atoms with Crippen LogP contribution in [0.1, 0.15) is 21.9 Å². The lowest BCUT2D eigenvalue weighted by atomic mass is 10.2. The van der Waals surface area contributed by atoms with E-state index in [-0.39, 0.29) is 17.9 Å². The third kappa shape index (κ3) is 2.25. The van der Waals surface area contributed by atoms with Crippen LogP contribution in [0.3, 0.4) is 0 Å². The summed E-state index contributed by atoms with van der Waals surface area (Å²) in [6.45, 7) is 1.81. The maximum atomic E-state index is 11.4. The van der Waals surface area contributed by atoms with Gasteiger partial charge in [0.05, 0.1) is 12.9 Å². The van der Waals surface area contributed by atoms with E-state index in [2.05, 4.69) is 4.98 Å². The van der Waals surface area contributed by atoms with Gasteiger partial charge in [-0.15, -0.1) is 0 Å². The second kappa shape index (κ2) is 4.25. The molecule has 2 rings (SSSR count). The maximum Gasteiger partial charge on any atom is 0.372 e. The van der Waals surface area contributed by atoms with E-state index in [1.165, 1.54) is 23.2 Å². The fourth-order valence-electron chi connectivity index (χ4n) is 1.50. The first-order valence-corrected chi connectivity index (χ1v) is 4.91. The summed E-state index contributed by atoms with van der Waals surface area (Å²) in [5.74, 6) is -0.806. The van der Waals surface area contributed by atoms with Gasteiger partial charge in [-0.2, -0.15) is 0 Å². The topological polar surface area (TPSA) is 85.3 Å². The van der Waals surface area contributed by atoms with Crippen LogP contribution in [0.25, 0.3) is 0 Å². The van der Waals surface area contributed by atoms with Crippen LogP contribution in [0.15, 0.2) is 33.9 Å². The van der Waals surface area contributed by atoms with Crippen molar-refractivity contribution in [3.8, 4) is 0 Å². The van der Waals surface area contributed by atoms with Gasteiger partial charge in [0.25, 0.3) is 5.56 Å². The van der Waals surface area contributed by atoms with Gasteiger partial charge in [-0.25, -0.2) is 9.78 Å². The van der Waals surface area contributed by atoms with Crippen LogP contribution >= 0.6 is 0 Å². The van der Waals surface area contributed by atoms with Crippen molar-refractivity contribution in [2.75, 3.05) is 0 Å². The summed E-state index contributed by atoms with van der Waals surface area (Å²) < 4.78 is 6.48. The van der Waals surface area contributed by atoms with E-state index in [1.54, 1.807) is 13.0 Å². The van der Waals surface area contributed by atoms with E-state index >= 15 is 0 Å². The van der Waals surface area contributed by atoms with Gasteiger partial charge >= 0.3 is 5.97 Å². The zero-order chi connectivity index (χ0) is 12.4. The minimum Gasteiger partial charge on any atom is -0.475 e. The summed E-state index contributed by atoms with van der Waals surface area (Å²) in [5.41, 5.74) is 0.315. The number of nitrogens with zero attached hydrogens (tertiary/aromatic N) is 2. The molecule has 0 bridgehead atoms. The number of rotatable bonds is 3. The lowest BCUT2D eigenvalue weighted by Crippen LogP contribution is -2.18. The molecule has 0 atom stereocenters. The van der Waals surface area contributed by atoms with E-state index in [4.69, 9.17) is 9.52 Å². The van der Waals surface area contributed by atoms with E-state index in [9.17, 15) is 9.59 Å². The molecule has 0 saturated carbocycles. The molecule has 88 valence electrons. The number of hydrogen-bond donors (Lipinski definition) is 1. The molecule has 0 unspecified atom stereocenters. The van der Waals surface area contributed by atoms with E-state index < -0.39 is 5.97 Å². The van der Waals surface area contributed by atoms with Crippen LogP contribution < -0.4 is 5.56 Å². The van der Waals surface area contributed by atoms with Crippen LogP contribution in [0.2, 0.25) is 0 Å². The molecule has 0 aliphatic carbocycles. The predicted molar refractivity (Wildman–Crippen MR) is 58.0 cm³/mol. The molecule has 0 radical (unpaired) electrons. The first kappa shape index (κ1) is 11.1. The largest absolute Gasteiger partial charge is 0.475 e. The first-order chi connectivity index (χ1) is 8.08. The van der Waals surface area contributed by atoms with E-state index in [0.29, 0.717) is 11.3 Å². The van der Waals surface area contributed by atoms with E-state index in [1.807, 2.05) is 0 Å². The lowest BCUT2D eigenvalue weighted by Gasteiger charge is -2.00. The van der Waals surface area contributed by atoms with Gasteiger partial charge < -0.3 is 9.52 Å².